The van der Waals surface area contributed by atoms with Crippen molar-refractivity contribution in [2.45, 2.75) is 18.4 Å². The number of carboxylic acid groups (broad SMARTS) is 1. The molecule has 0 aliphatic carbocycles. The van der Waals surface area contributed by atoms with Crippen molar-refractivity contribution in [2.75, 3.05) is 6.54 Å². The van der Waals surface area contributed by atoms with Gasteiger partial charge in [-0.1, -0.05) is 78.9 Å². The fraction of sp³-hybridized carbons (Fsp3) is 0.148. The Morgan fingerprint density at radius 1 is 0.882 bits per heavy atom. The fourth-order valence-corrected chi connectivity index (χ4v) is 4.30. The summed E-state index contributed by atoms with van der Waals surface area (Å²) in [5.74, 6) is -4.65. The summed E-state index contributed by atoms with van der Waals surface area (Å²) in [6.07, 6.45) is -0.296. The van der Waals surface area contributed by atoms with Gasteiger partial charge in [-0.15, -0.1) is 0 Å². The summed E-state index contributed by atoms with van der Waals surface area (Å²) in [4.78, 5) is 39.0. The molecule has 1 aliphatic rings. The van der Waals surface area contributed by atoms with E-state index in [2.05, 4.69) is 0 Å². The second-order valence-corrected chi connectivity index (χ2v) is 8.04. The number of nitrogens with zero attached hydrogens (tertiary/aromatic N) is 1. The quantitative estimate of drug-likeness (QED) is 0.308. The monoisotopic (exact) mass is 459 g/mol. The number of ketones is 1. The molecular weight excluding hydrogens is 437 g/mol. The van der Waals surface area contributed by atoms with Crippen LogP contribution in [0.5, 0.6) is 0 Å². The van der Waals surface area contributed by atoms with Gasteiger partial charge in [0.15, 0.2) is 0 Å². The molecule has 1 amide bonds. The third-order valence-corrected chi connectivity index (χ3v) is 5.90. The van der Waals surface area contributed by atoms with Crippen molar-refractivity contribution >= 4 is 23.4 Å². The van der Waals surface area contributed by atoms with Crippen LogP contribution in [0.4, 0.5) is 4.39 Å². The SMILES string of the molecule is O=C(O)C[C@H](CN1C(=O)C(=O)C(=C(O)c2ccccc2)[C@H]1c1ccccc1F)c1ccccc1. The van der Waals surface area contributed by atoms with E-state index in [-0.39, 0.29) is 24.1 Å². The second kappa shape index (κ2) is 9.70. The van der Waals surface area contributed by atoms with E-state index in [4.69, 9.17) is 0 Å². The predicted molar refractivity (Wildman–Crippen MR) is 123 cm³/mol. The maximum Gasteiger partial charge on any atom is 0.304 e. The molecule has 0 aromatic heterocycles. The van der Waals surface area contributed by atoms with E-state index >= 15 is 0 Å². The Balaban J connectivity index is 1.85. The van der Waals surface area contributed by atoms with Crippen LogP contribution in [0.15, 0.2) is 90.5 Å². The number of benzene rings is 3. The van der Waals surface area contributed by atoms with Gasteiger partial charge in [-0.05, 0) is 11.6 Å². The molecule has 1 aliphatic heterocycles. The van der Waals surface area contributed by atoms with Gasteiger partial charge in [0.2, 0.25) is 0 Å². The number of carboxylic acids is 1. The molecule has 1 fully saturated rings. The molecule has 3 aromatic rings. The normalized spacial score (nSPS) is 18.1. The number of Topliss-reactive ketones (excluding diaryl/α,β-unsaturated/α-hetero) is 1. The number of hydrogen-bond donors (Lipinski definition) is 2. The number of rotatable bonds is 7. The second-order valence-electron chi connectivity index (χ2n) is 8.04. The molecule has 0 unspecified atom stereocenters. The first-order valence-electron chi connectivity index (χ1n) is 10.7. The van der Waals surface area contributed by atoms with Crippen LogP contribution in [0.2, 0.25) is 0 Å². The zero-order valence-corrected chi connectivity index (χ0v) is 18.1. The molecule has 2 atom stereocenters. The fourth-order valence-electron chi connectivity index (χ4n) is 4.30. The minimum absolute atomic E-state index is 0.0429. The lowest BCUT2D eigenvalue weighted by Gasteiger charge is -2.29. The molecule has 0 bridgehead atoms. The van der Waals surface area contributed by atoms with E-state index in [1.54, 1.807) is 66.7 Å². The van der Waals surface area contributed by atoms with E-state index in [1.807, 2.05) is 0 Å². The third-order valence-electron chi connectivity index (χ3n) is 5.90. The summed E-state index contributed by atoms with van der Waals surface area (Å²) in [5.41, 5.74) is 0.791. The molecule has 1 heterocycles. The Hall–Kier alpha value is -4.26. The van der Waals surface area contributed by atoms with E-state index in [9.17, 15) is 29.0 Å². The van der Waals surface area contributed by atoms with E-state index in [1.165, 1.54) is 18.2 Å². The van der Waals surface area contributed by atoms with Crippen molar-refractivity contribution in [1.29, 1.82) is 0 Å². The molecule has 2 N–H and O–H groups in total. The minimum Gasteiger partial charge on any atom is -0.507 e. The molecule has 7 heteroatoms. The number of carbonyl (C=O) groups is 3. The van der Waals surface area contributed by atoms with Crippen LogP contribution in [0.25, 0.3) is 5.76 Å². The Bertz CT molecular complexity index is 1260. The molecule has 172 valence electrons. The molecule has 1 saturated heterocycles. The molecule has 0 radical (unpaired) electrons. The van der Waals surface area contributed by atoms with Crippen LogP contribution in [-0.2, 0) is 14.4 Å². The van der Waals surface area contributed by atoms with Crippen LogP contribution in [0.3, 0.4) is 0 Å². The number of aliphatic hydroxyl groups is 1. The molecular formula is C27H22FNO5. The summed E-state index contributed by atoms with van der Waals surface area (Å²) >= 11 is 0. The van der Waals surface area contributed by atoms with Crippen molar-refractivity contribution in [1.82, 2.24) is 4.90 Å². The van der Waals surface area contributed by atoms with Gasteiger partial charge in [-0.2, -0.15) is 0 Å². The molecule has 34 heavy (non-hydrogen) atoms. The maximum atomic E-state index is 14.9. The number of amides is 1. The number of hydrogen-bond acceptors (Lipinski definition) is 4. The van der Waals surface area contributed by atoms with Crippen molar-refractivity contribution in [3.63, 3.8) is 0 Å². The van der Waals surface area contributed by atoms with E-state index < -0.39 is 41.2 Å². The van der Waals surface area contributed by atoms with Crippen LogP contribution >= 0.6 is 0 Å². The summed E-state index contributed by atoms with van der Waals surface area (Å²) in [6.45, 7) is -0.147. The highest BCUT2D eigenvalue weighted by Crippen LogP contribution is 2.41. The van der Waals surface area contributed by atoms with Gasteiger partial charge >= 0.3 is 5.97 Å². The molecule has 0 saturated carbocycles. The minimum atomic E-state index is -1.21. The van der Waals surface area contributed by atoms with Gasteiger partial charge in [0.1, 0.15) is 11.6 Å². The van der Waals surface area contributed by atoms with E-state index in [0.717, 1.165) is 4.90 Å². The van der Waals surface area contributed by atoms with Gasteiger partial charge in [0.25, 0.3) is 11.7 Å². The van der Waals surface area contributed by atoms with Crippen molar-refractivity contribution in [2.24, 2.45) is 0 Å². The van der Waals surface area contributed by atoms with Gasteiger partial charge in [0, 0.05) is 23.6 Å². The summed E-state index contributed by atoms with van der Waals surface area (Å²) < 4.78 is 14.9. The highest BCUT2D eigenvalue weighted by atomic mass is 19.1. The Morgan fingerprint density at radius 2 is 1.47 bits per heavy atom. The predicted octanol–water partition coefficient (Wildman–Crippen LogP) is 4.51. The van der Waals surface area contributed by atoms with Crippen LogP contribution < -0.4 is 0 Å². The maximum absolute atomic E-state index is 14.9. The topological polar surface area (TPSA) is 94.9 Å². The number of aliphatic carboxylic acids is 1. The van der Waals surface area contributed by atoms with Crippen LogP contribution in [0.1, 0.15) is 35.1 Å². The first-order chi connectivity index (χ1) is 16.4. The van der Waals surface area contributed by atoms with Gasteiger partial charge in [-0.3, -0.25) is 14.4 Å². The average Bonchev–Trinajstić information content (AvgIpc) is 3.09. The lowest BCUT2D eigenvalue weighted by atomic mass is 9.92. The van der Waals surface area contributed by atoms with Crippen molar-refractivity contribution in [3.8, 4) is 0 Å². The Labute approximate surface area is 195 Å². The van der Waals surface area contributed by atoms with Gasteiger partial charge in [-0.25, -0.2) is 4.39 Å². The number of carbonyl (C=O) groups excluding carboxylic acids is 2. The zero-order valence-electron chi connectivity index (χ0n) is 18.1. The van der Waals surface area contributed by atoms with Crippen LogP contribution in [-0.4, -0.2) is 39.3 Å². The third kappa shape index (κ3) is 4.45. The average molecular weight is 459 g/mol. The zero-order chi connectivity index (χ0) is 24.2. The van der Waals surface area contributed by atoms with E-state index in [0.29, 0.717) is 11.1 Å². The number of aliphatic hydroxyl groups excluding tert-OH is 1. The highest BCUT2D eigenvalue weighted by Gasteiger charge is 2.47. The van der Waals surface area contributed by atoms with Crippen molar-refractivity contribution < 1.29 is 29.0 Å². The molecule has 6 nitrogen and oxygen atoms in total. The van der Waals surface area contributed by atoms with Crippen LogP contribution in [0, 0.1) is 5.82 Å². The van der Waals surface area contributed by atoms with Gasteiger partial charge in [0.05, 0.1) is 18.0 Å². The van der Waals surface area contributed by atoms with Crippen molar-refractivity contribution in [3.05, 3.63) is 113 Å². The largest absolute Gasteiger partial charge is 0.507 e. The summed E-state index contributed by atoms with van der Waals surface area (Å²) in [5, 5.41) is 20.5. The first-order valence-corrected chi connectivity index (χ1v) is 10.7. The molecule has 3 aromatic carbocycles. The highest BCUT2D eigenvalue weighted by molar-refractivity contribution is 6.46. The standard InChI is InChI=1S/C27H22FNO5/c28-21-14-8-7-13-20(21)24-23(25(32)18-11-5-2-6-12-18)26(33)27(34)29(24)16-19(15-22(30)31)17-9-3-1-4-10-17/h1-14,19,24,32H,15-16H2,(H,30,31)/t19-,24-/m1/s1. The lowest BCUT2D eigenvalue weighted by Crippen LogP contribution is -2.34. The number of likely N-dealkylation sites (tertiary alicyclic amines) is 1. The van der Waals surface area contributed by atoms with Gasteiger partial charge < -0.3 is 15.1 Å². The molecule has 0 spiro atoms. The smallest absolute Gasteiger partial charge is 0.304 e. The Morgan fingerprint density at radius 3 is 2.09 bits per heavy atom. The Kier molecular flexibility index (Phi) is 6.54. The first kappa shape index (κ1) is 22.9. The number of halogens is 1. The summed E-state index contributed by atoms with van der Waals surface area (Å²) in [6, 6.07) is 21.5. The molecule has 4 rings (SSSR count). The summed E-state index contributed by atoms with van der Waals surface area (Å²) in [7, 11) is 0. The lowest BCUT2D eigenvalue weighted by molar-refractivity contribution is -0.141.